The number of aliphatic imine (C=N–C) groups is 3. The van der Waals surface area contributed by atoms with Gasteiger partial charge in [-0.25, -0.2) is 62.4 Å². The molecule has 71 heteroatoms. The number of hydrogen-bond acceptors (Lipinski definition) is 48. The largest absolute Gasteiger partial charge is 0.472 e. The summed E-state index contributed by atoms with van der Waals surface area (Å²) in [6.07, 6.45) is -17.6. The van der Waals surface area contributed by atoms with Crippen molar-refractivity contribution >= 4 is 207 Å². The molecule has 9 aromatic heterocycles. The van der Waals surface area contributed by atoms with Crippen molar-refractivity contribution in [2.75, 3.05) is 56.8 Å². The molecule has 133 heavy (non-hydrogen) atoms. The molecule has 21 rings (SSSR count). The number of aliphatic hydroxyl groups is 2. The smallest absolute Gasteiger partial charge is 0.389 e. The van der Waals surface area contributed by atoms with Crippen LogP contribution < -0.4 is 33.9 Å². The van der Waals surface area contributed by atoms with Crippen molar-refractivity contribution < 1.29 is 150 Å². The average molecular weight is 2080 g/mol. The van der Waals surface area contributed by atoms with Crippen LogP contribution in [0.15, 0.2) is 61.0 Å². The Kier molecular flexibility index (Phi) is 25.7. The van der Waals surface area contributed by atoms with Crippen LogP contribution >= 0.6 is 66.6 Å². The first-order valence-electron chi connectivity index (χ1n) is 39.0. The van der Waals surface area contributed by atoms with Gasteiger partial charge in [0.2, 0.25) is 17.8 Å². The molecule has 21 heterocycles. The van der Waals surface area contributed by atoms with Crippen LogP contribution in [-0.2, 0) is 127 Å². The van der Waals surface area contributed by atoms with Gasteiger partial charge in [0.15, 0.2) is 129 Å². The average Bonchev–Trinajstić information content (AvgIpc) is 1.60. The van der Waals surface area contributed by atoms with E-state index in [0.717, 1.165) is 16.4 Å². The van der Waals surface area contributed by atoms with Gasteiger partial charge in [-0.15, -0.1) is 16.9 Å². The second-order valence-corrected chi connectivity index (χ2v) is 46.0. The fourth-order valence-electron chi connectivity index (χ4n) is 16.0. The molecule has 714 valence electrons. The van der Waals surface area contributed by atoms with Crippen molar-refractivity contribution in [3.8, 4) is 0 Å². The van der Waals surface area contributed by atoms with Crippen LogP contribution in [-0.4, -0.2) is 300 Å². The number of nitrogens with zero attached hydrogens (tertiary/aromatic N) is 19. The number of carbonyl (C=O) groups is 3. The van der Waals surface area contributed by atoms with E-state index in [1.807, 2.05) is 0 Å². The van der Waals surface area contributed by atoms with Crippen LogP contribution in [0.3, 0.4) is 0 Å². The summed E-state index contributed by atoms with van der Waals surface area (Å²) in [5, 5.41) is 27.7. The number of alkyl halides is 2. The van der Waals surface area contributed by atoms with Crippen molar-refractivity contribution in [3.63, 3.8) is 0 Å². The number of ether oxygens (including phenoxy) is 5. The number of H-pyrrole nitrogens is 3. The zero-order valence-corrected chi connectivity index (χ0v) is 76.1. The number of thioether (sulfide) groups is 1. The van der Waals surface area contributed by atoms with Crippen LogP contribution in [0.5, 0.6) is 0 Å². The Morgan fingerprint density at radius 2 is 0.857 bits per heavy atom. The lowest BCUT2D eigenvalue weighted by Crippen LogP contribution is -2.36. The lowest BCUT2D eigenvalue weighted by Gasteiger charge is -2.27. The SMILES string of the molecule is Nc1nc2c(ncn2[C@@H]2O[C@@H]3COP(O)(=S)O[C@H]4[C@H](F)[C@H](n5cnc6c5N=CCC6=O)O[C@@H]4COP(=O)(S)O[C@@H]2C3)c(=O)[nH]1.Nc1nc2c(ncn2[C@@H]2O[C@@H]3COP(O)(=S)O[C@H]4[C@H](F)[C@H](n5nnc6c5N=CCC6=O)O[C@@H]4COP(O)(=S)O[C@@H]2C3)c(=O)[nH]1.Nc1nc2c(ncn2[C@@H]2S[C@@H]3COP(=O)(O)O[C@H]4[C@@H](O)[C@H](n5cnc6c5N=CCC6=O)O[C@@H]4COP(=O)(O)O[C@@H]2[C@@H]3O)c(=O)[nH]1. The Morgan fingerprint density at radius 1 is 0.444 bits per heavy atom. The molecule has 6 bridgehead atoms. The number of ketones is 3. The molecule has 0 aliphatic carbocycles. The number of hydrogen-bond donors (Lipinski definition) is 14. The predicted octanol–water partition coefficient (Wildman–Crippen LogP) is 0.677. The van der Waals surface area contributed by atoms with Gasteiger partial charge in [0.1, 0.15) is 66.4 Å². The highest BCUT2D eigenvalue weighted by atomic mass is 32.7. The summed E-state index contributed by atoms with van der Waals surface area (Å²) < 4.78 is 175. The number of carbonyl (C=O) groups excluding carboxylic acids is 3. The van der Waals surface area contributed by atoms with E-state index in [9.17, 15) is 77.1 Å². The van der Waals surface area contributed by atoms with Gasteiger partial charge in [-0.05, 0) is 35.4 Å². The Labute approximate surface area is 761 Å². The number of Topliss-reactive ketones (excluding diaryl/α,β-unsaturated/α-hetero) is 3. The number of rotatable bonds is 6. The summed E-state index contributed by atoms with van der Waals surface area (Å²) in [6, 6.07) is 0. The van der Waals surface area contributed by atoms with Crippen molar-refractivity contribution in [2.45, 2.75) is 166 Å². The van der Waals surface area contributed by atoms with Gasteiger partial charge >= 0.3 is 42.6 Å². The fourth-order valence-corrected chi connectivity index (χ4v) is 25.5. The Morgan fingerprint density at radius 3 is 1.40 bits per heavy atom. The van der Waals surface area contributed by atoms with E-state index >= 15 is 8.78 Å². The number of nitrogens with one attached hydrogen (secondary N) is 3. The number of aliphatic hydroxyl groups excluding tert-OH is 2. The molecule has 0 saturated carbocycles. The van der Waals surface area contributed by atoms with Gasteiger partial charge in [-0.3, -0.25) is 103 Å². The van der Waals surface area contributed by atoms with E-state index in [1.54, 1.807) is 0 Å². The van der Waals surface area contributed by atoms with Crippen molar-refractivity contribution in [1.29, 1.82) is 0 Å². The molecule has 0 radical (unpaired) electrons. The van der Waals surface area contributed by atoms with E-state index in [1.165, 1.54) is 73.1 Å². The lowest BCUT2D eigenvalue weighted by molar-refractivity contribution is -0.0619. The summed E-state index contributed by atoms with van der Waals surface area (Å²) in [5.41, 5.74) is 15.2. The normalized spacial score (nSPS) is 38.1. The number of phosphoric acid groups is 2. The van der Waals surface area contributed by atoms with Crippen LogP contribution in [0.1, 0.15) is 100 Å². The Bertz CT molecular complexity index is 6530. The van der Waals surface area contributed by atoms with Crippen molar-refractivity contribution in [3.05, 3.63) is 79.8 Å². The molecule has 9 fully saturated rings. The number of aromatic amines is 3. The quantitative estimate of drug-likeness (QED) is 0.0804. The molecule has 28 atom stereocenters. The molecule has 0 aromatic carbocycles. The first-order valence-corrected chi connectivity index (χ1v) is 53.4. The molecular formula is C62H69F2N25O33P6S5. The standard InChI is InChI=1S/C21H23FN8O10P2S2.C21H24N8O13P2S.C20H22FN9O10P2S2/c22-12-15-11(38-20(12)29-6-25-13-9(31)1-2-24-16(13)29)5-36-41(33,43)39-10-3-8(4-35-42(34,44)40-15)37-19(10)30-7-26-14-17(30)27-21(23)28-18(14)32;22-21-26-17-11(18(33)27-21)25-6-29(17)20-15-12(31)9(45-20)4-39-44(36,37)41-14-8(3-38-43(34,35)42-15)40-19(13(14)32)28-5-24-10-7(30)1-2-23-16(10)28;21-11-14-10(38-19(11)30-15-12(27-28-30)8(31)1-2-23-15)5-36-41(33,43)39-9-3-7(4-35-42(34,44)40-14)37-18(9)29-6-24-13-16(29)25-20(22)26-17(13)32/h2,6-8,10-12,15,19-20H,1,3-5H2,(H,33,43)(H,34,44)(H3,23,27,28,32);2,5-6,8-9,12-15,19-20,31-32H,1,3-4H2,(H,34,35)(H,36,37)(H3,22,26,27,33);2,6-7,9-11,14,18-19H,1,3-5H2,(H,33,43)(H,34,44)(H3,22,25,26,32)/t8-,10+,11+,12-,15+,19+,20+,41?,42?;8-,9-,12-,13-,14-,15-,19-,20-;7-,9+,10+,11-,14+,18+,19+,41?,42?/m010/s1. The summed E-state index contributed by atoms with van der Waals surface area (Å²) in [5.74, 6) is -1.47. The van der Waals surface area contributed by atoms with E-state index in [-0.39, 0.29) is 149 Å². The highest BCUT2D eigenvalue weighted by Gasteiger charge is 2.58. The van der Waals surface area contributed by atoms with Gasteiger partial charge in [0.25, 0.3) is 16.7 Å². The number of nitrogen functional groups attached to an aromatic ring is 3. The first kappa shape index (κ1) is 94.2. The number of imidazole rings is 5. The molecule has 0 spiro atoms. The molecular weight excluding hydrogens is 2010 g/mol. The maximum absolute atomic E-state index is 16.0. The van der Waals surface area contributed by atoms with Crippen LogP contribution in [0.4, 0.5) is 44.1 Å². The number of anilines is 3. The Hall–Kier alpha value is -7.73. The van der Waals surface area contributed by atoms with E-state index in [4.69, 9.17) is 131 Å². The van der Waals surface area contributed by atoms with Gasteiger partial charge < -0.3 is 93.7 Å². The van der Waals surface area contributed by atoms with Crippen LogP contribution in [0, 0.1) is 0 Å². The predicted molar refractivity (Wildman–Crippen MR) is 455 cm³/mol. The molecule has 9 aromatic rings. The highest BCUT2D eigenvalue weighted by molar-refractivity contribution is 8.44. The van der Waals surface area contributed by atoms with E-state index in [2.05, 4.69) is 92.4 Å². The molecule has 9 saturated heterocycles. The maximum Gasteiger partial charge on any atom is 0.472 e. The Balaban J connectivity index is 0.000000129. The number of nitrogens with two attached hydrogens (primary N) is 3. The maximum atomic E-state index is 16.0. The van der Waals surface area contributed by atoms with E-state index in [0.29, 0.717) is 0 Å². The van der Waals surface area contributed by atoms with Gasteiger partial charge in [-0.2, -0.15) is 19.6 Å². The third-order valence-corrected chi connectivity index (χ3v) is 31.7. The zero-order valence-electron chi connectivity index (χ0n) is 66.6. The minimum Gasteiger partial charge on any atom is -0.389 e. The first-order chi connectivity index (χ1) is 63.1. The van der Waals surface area contributed by atoms with Crippen molar-refractivity contribution in [2.24, 2.45) is 15.0 Å². The van der Waals surface area contributed by atoms with Crippen LogP contribution in [0.25, 0.3) is 33.5 Å². The molecule has 58 nitrogen and oxygen atoms in total. The lowest BCUT2D eigenvalue weighted by atomic mass is 10.1. The van der Waals surface area contributed by atoms with Gasteiger partial charge in [-0.1, -0.05) is 17.5 Å². The minimum absolute atomic E-state index is 0.0108. The second-order valence-electron chi connectivity index (χ2n) is 30.5. The van der Waals surface area contributed by atoms with E-state index < -0.39 is 219 Å². The topological polar surface area (TPSA) is 773 Å². The summed E-state index contributed by atoms with van der Waals surface area (Å²) >= 11 is 20.6. The number of phosphoric ester groups is 2. The fraction of sp³-hybridized carbons (Fsp3) is 0.532. The summed E-state index contributed by atoms with van der Waals surface area (Å²) in [7, 11) is -10.1. The number of fused-ring (bicyclic) bond motifs is 15. The monoisotopic (exact) mass is 2080 g/mol. The number of aromatic nitrogens is 19. The summed E-state index contributed by atoms with van der Waals surface area (Å²) in [6.45, 7) is -19.9. The second kappa shape index (κ2) is 36.2. The molecule has 0 amide bonds. The third kappa shape index (κ3) is 18.8. The number of halogens is 2. The zero-order chi connectivity index (χ0) is 93.8. The van der Waals surface area contributed by atoms with Crippen LogP contribution in [0.2, 0.25) is 0 Å². The van der Waals surface area contributed by atoms with Gasteiger partial charge in [0.05, 0.1) is 94.8 Å². The molecule has 6 unspecified atom stereocenters. The van der Waals surface area contributed by atoms with Crippen molar-refractivity contribution in [1.82, 2.24) is 92.7 Å². The third-order valence-electron chi connectivity index (χ3n) is 21.9. The number of thiol groups is 1. The molecule has 12 aliphatic heterocycles. The minimum atomic E-state index is -5.06. The molecule has 16 N–H and O–H groups in total. The highest BCUT2D eigenvalue weighted by Crippen LogP contribution is 2.62. The molecule has 12 aliphatic rings. The summed E-state index contributed by atoms with van der Waals surface area (Å²) in [4.78, 5) is 180. The van der Waals surface area contributed by atoms with Gasteiger partial charge in [0, 0.05) is 50.7 Å².